The Hall–Kier alpha value is -2.22. The van der Waals surface area contributed by atoms with Crippen molar-refractivity contribution in [2.45, 2.75) is 31.5 Å². The summed E-state index contributed by atoms with van der Waals surface area (Å²) < 4.78 is 39.8. The van der Waals surface area contributed by atoms with Gasteiger partial charge >= 0.3 is 12.2 Å². The van der Waals surface area contributed by atoms with Gasteiger partial charge in [0.2, 0.25) is 0 Å². The fourth-order valence-electron chi connectivity index (χ4n) is 2.46. The summed E-state index contributed by atoms with van der Waals surface area (Å²) in [5, 5.41) is 9.21. The molecule has 1 aliphatic rings. The Bertz CT molecular complexity index is 771. The number of carbonyl (C=O) groups is 1. The monoisotopic (exact) mass is 372 g/mol. The molecule has 3 rings (SSSR count). The topological polar surface area (TPSA) is 59.0 Å². The van der Waals surface area contributed by atoms with Crippen molar-refractivity contribution >= 4 is 23.3 Å². The van der Waals surface area contributed by atoms with Crippen LogP contribution in [0.3, 0.4) is 0 Å². The van der Waals surface area contributed by atoms with E-state index in [1.165, 1.54) is 4.68 Å². The molecular weight excluding hydrogens is 357 g/mol. The number of benzene rings is 1. The number of rotatable bonds is 5. The second-order valence-corrected chi connectivity index (χ2v) is 6.22. The summed E-state index contributed by atoms with van der Waals surface area (Å²) >= 11 is 5.94. The molecule has 0 spiro atoms. The van der Waals surface area contributed by atoms with E-state index in [0.717, 1.165) is 18.9 Å². The van der Waals surface area contributed by atoms with Gasteiger partial charge < -0.3 is 10.6 Å². The Labute approximate surface area is 147 Å². The molecule has 2 amide bonds. The molecule has 2 N–H and O–H groups in total. The highest BCUT2D eigenvalue weighted by Crippen LogP contribution is 2.42. The van der Waals surface area contributed by atoms with E-state index in [1.807, 2.05) is 0 Å². The van der Waals surface area contributed by atoms with Crippen LogP contribution in [-0.2, 0) is 12.7 Å². The predicted octanol–water partition coefficient (Wildman–Crippen LogP) is 4.25. The van der Waals surface area contributed by atoms with E-state index in [2.05, 4.69) is 15.7 Å². The van der Waals surface area contributed by atoms with E-state index < -0.39 is 17.9 Å². The van der Waals surface area contributed by atoms with Gasteiger partial charge in [-0.3, -0.25) is 4.68 Å². The predicted molar refractivity (Wildman–Crippen MR) is 87.7 cm³/mol. The lowest BCUT2D eigenvalue weighted by Gasteiger charge is -2.10. The third-order valence-corrected chi connectivity index (χ3v) is 4.16. The van der Waals surface area contributed by atoms with Crippen LogP contribution in [0.1, 0.15) is 30.1 Å². The number of urea groups is 1. The number of hydrogen-bond acceptors (Lipinski definition) is 2. The molecule has 134 valence electrons. The summed E-state index contributed by atoms with van der Waals surface area (Å²) in [6.07, 6.45) is -2.74. The van der Waals surface area contributed by atoms with Crippen LogP contribution in [0.5, 0.6) is 0 Å². The van der Waals surface area contributed by atoms with Gasteiger partial charge in [0.15, 0.2) is 5.69 Å². The van der Waals surface area contributed by atoms with Crippen molar-refractivity contribution in [2.75, 3.05) is 11.9 Å². The first-order chi connectivity index (χ1) is 11.8. The molecule has 9 heteroatoms. The molecule has 0 aliphatic heterocycles. The third-order valence-electron chi connectivity index (χ3n) is 3.83. The molecule has 1 aromatic carbocycles. The van der Waals surface area contributed by atoms with E-state index in [9.17, 15) is 18.0 Å². The van der Waals surface area contributed by atoms with Crippen molar-refractivity contribution in [1.29, 1.82) is 0 Å². The molecular formula is C16H16ClF3N4O. The van der Waals surface area contributed by atoms with Crippen LogP contribution in [0.15, 0.2) is 30.3 Å². The fourth-order valence-corrected chi connectivity index (χ4v) is 2.64. The molecule has 2 aromatic rings. The van der Waals surface area contributed by atoms with Gasteiger partial charge in [0.05, 0.1) is 17.3 Å². The Morgan fingerprint density at radius 1 is 1.32 bits per heavy atom. The lowest BCUT2D eigenvalue weighted by Crippen LogP contribution is -2.32. The molecule has 1 aromatic heterocycles. The highest BCUT2D eigenvalue weighted by molar-refractivity contribution is 6.33. The maximum atomic E-state index is 12.8. The molecule has 1 aliphatic carbocycles. The van der Waals surface area contributed by atoms with E-state index >= 15 is 0 Å². The first kappa shape index (κ1) is 17.6. The quantitative estimate of drug-likeness (QED) is 0.824. The van der Waals surface area contributed by atoms with Crippen molar-refractivity contribution in [1.82, 2.24) is 15.1 Å². The maximum Gasteiger partial charge on any atom is 0.435 e. The van der Waals surface area contributed by atoms with Crippen LogP contribution >= 0.6 is 11.6 Å². The first-order valence-electron chi connectivity index (χ1n) is 7.79. The number of halogens is 4. The van der Waals surface area contributed by atoms with Crippen LogP contribution < -0.4 is 10.6 Å². The molecule has 5 nitrogen and oxygen atoms in total. The fraction of sp³-hybridized carbons (Fsp3) is 0.375. The number of para-hydroxylation sites is 1. The summed E-state index contributed by atoms with van der Waals surface area (Å²) in [5.41, 5.74) is 0.134. The number of alkyl halides is 3. The second-order valence-electron chi connectivity index (χ2n) is 5.81. The number of amides is 2. The van der Waals surface area contributed by atoms with E-state index in [-0.39, 0.29) is 19.0 Å². The third kappa shape index (κ3) is 4.45. The molecule has 0 bridgehead atoms. The zero-order valence-electron chi connectivity index (χ0n) is 13.1. The minimum atomic E-state index is -4.47. The molecule has 25 heavy (non-hydrogen) atoms. The minimum Gasteiger partial charge on any atom is -0.336 e. The van der Waals surface area contributed by atoms with Gasteiger partial charge in [0.25, 0.3) is 0 Å². The van der Waals surface area contributed by atoms with Gasteiger partial charge in [-0.15, -0.1) is 0 Å². The Morgan fingerprint density at radius 2 is 2.04 bits per heavy atom. The molecule has 0 saturated heterocycles. The summed E-state index contributed by atoms with van der Waals surface area (Å²) in [6, 6.07) is 7.37. The van der Waals surface area contributed by atoms with Gasteiger partial charge in [-0.25, -0.2) is 4.79 Å². The molecule has 0 atom stereocenters. The smallest absolute Gasteiger partial charge is 0.336 e. The number of nitrogens with zero attached hydrogens (tertiary/aromatic N) is 2. The number of nitrogens with one attached hydrogen (secondary N) is 2. The summed E-state index contributed by atoms with van der Waals surface area (Å²) in [6.45, 7) is 0.312. The lowest BCUT2D eigenvalue weighted by molar-refractivity contribution is -0.141. The maximum absolute atomic E-state index is 12.8. The van der Waals surface area contributed by atoms with Crippen LogP contribution in [0, 0.1) is 0 Å². The van der Waals surface area contributed by atoms with Gasteiger partial charge in [0.1, 0.15) is 0 Å². The van der Waals surface area contributed by atoms with Gasteiger partial charge in [0, 0.05) is 18.2 Å². The number of hydrogen-bond donors (Lipinski definition) is 2. The molecule has 1 saturated carbocycles. The Balaban J connectivity index is 1.57. The average molecular weight is 373 g/mol. The number of aromatic nitrogens is 2. The van der Waals surface area contributed by atoms with Crippen LogP contribution in [0.4, 0.5) is 23.7 Å². The summed E-state index contributed by atoms with van der Waals surface area (Å²) in [4.78, 5) is 11.9. The van der Waals surface area contributed by atoms with E-state index in [1.54, 1.807) is 24.3 Å². The SMILES string of the molecule is O=C(NCCn1nc(C(F)(F)F)cc1C1CC1)Nc1ccccc1Cl. The molecule has 0 radical (unpaired) electrons. The van der Waals surface area contributed by atoms with Gasteiger partial charge in [-0.05, 0) is 31.0 Å². The largest absolute Gasteiger partial charge is 0.435 e. The van der Waals surface area contributed by atoms with Gasteiger partial charge in [-0.2, -0.15) is 18.3 Å². The van der Waals surface area contributed by atoms with Crippen molar-refractivity contribution in [3.63, 3.8) is 0 Å². The number of anilines is 1. The van der Waals surface area contributed by atoms with Crippen molar-refractivity contribution in [2.24, 2.45) is 0 Å². The van der Waals surface area contributed by atoms with Crippen LogP contribution in [-0.4, -0.2) is 22.4 Å². The zero-order chi connectivity index (χ0) is 18.0. The summed E-state index contributed by atoms with van der Waals surface area (Å²) in [7, 11) is 0. The highest BCUT2D eigenvalue weighted by atomic mass is 35.5. The van der Waals surface area contributed by atoms with Crippen molar-refractivity contribution in [3.05, 3.63) is 46.7 Å². The minimum absolute atomic E-state index is 0.126. The van der Waals surface area contributed by atoms with Crippen LogP contribution in [0.25, 0.3) is 0 Å². The first-order valence-corrected chi connectivity index (χ1v) is 8.16. The lowest BCUT2D eigenvalue weighted by atomic mass is 10.2. The van der Waals surface area contributed by atoms with E-state index in [0.29, 0.717) is 16.4 Å². The average Bonchev–Trinajstić information content (AvgIpc) is 3.29. The highest BCUT2D eigenvalue weighted by Gasteiger charge is 2.37. The van der Waals surface area contributed by atoms with Crippen LogP contribution in [0.2, 0.25) is 5.02 Å². The Morgan fingerprint density at radius 3 is 2.68 bits per heavy atom. The normalized spacial score (nSPS) is 14.4. The second kappa shape index (κ2) is 6.95. The zero-order valence-corrected chi connectivity index (χ0v) is 13.9. The molecule has 1 fully saturated rings. The molecule has 0 unspecified atom stereocenters. The van der Waals surface area contributed by atoms with E-state index in [4.69, 9.17) is 11.6 Å². The van der Waals surface area contributed by atoms with Gasteiger partial charge in [-0.1, -0.05) is 23.7 Å². The standard InChI is InChI=1S/C16H16ClF3N4O/c17-11-3-1-2-4-12(11)22-15(25)21-7-8-24-13(10-5-6-10)9-14(23-24)16(18,19)20/h1-4,9-10H,5-8H2,(H2,21,22,25). The Kier molecular flexibility index (Phi) is 4.89. The number of carbonyl (C=O) groups excluding carboxylic acids is 1. The van der Waals surface area contributed by atoms with Crippen molar-refractivity contribution < 1.29 is 18.0 Å². The summed E-state index contributed by atoms with van der Waals surface area (Å²) in [5.74, 6) is 0.126. The molecule has 1 heterocycles. The van der Waals surface area contributed by atoms with Crippen molar-refractivity contribution in [3.8, 4) is 0 Å².